The second kappa shape index (κ2) is 5.00. The molecule has 0 saturated heterocycles. The zero-order valence-corrected chi connectivity index (χ0v) is 11.9. The van der Waals surface area contributed by atoms with Crippen molar-refractivity contribution in [1.29, 1.82) is 0 Å². The Labute approximate surface area is 123 Å². The normalized spacial score (nSPS) is 17.1. The van der Waals surface area contributed by atoms with Gasteiger partial charge >= 0.3 is 0 Å². The zero-order chi connectivity index (χ0) is 14.2. The third kappa shape index (κ3) is 2.34. The molecule has 5 nitrogen and oxygen atoms in total. The van der Waals surface area contributed by atoms with Gasteiger partial charge in [-0.05, 0) is 23.1 Å². The van der Waals surface area contributed by atoms with E-state index in [2.05, 4.69) is 38.6 Å². The lowest BCUT2D eigenvalue weighted by molar-refractivity contribution is 0.243. The van der Waals surface area contributed by atoms with Gasteiger partial charge in [0.1, 0.15) is 0 Å². The number of benzene rings is 1. The molecule has 2 aliphatic rings. The number of aromatic nitrogens is 2. The van der Waals surface area contributed by atoms with Crippen LogP contribution in [-0.4, -0.2) is 28.2 Å². The molecule has 0 aliphatic carbocycles. The van der Waals surface area contributed by atoms with Crippen LogP contribution in [0.1, 0.15) is 22.4 Å². The van der Waals surface area contributed by atoms with Crippen molar-refractivity contribution in [2.45, 2.75) is 25.9 Å². The van der Waals surface area contributed by atoms with Gasteiger partial charge in [-0.15, -0.1) is 0 Å². The number of anilines is 1. The van der Waals surface area contributed by atoms with Gasteiger partial charge < -0.3 is 5.32 Å². The molecule has 0 atom stereocenters. The molecule has 0 unspecified atom stereocenters. The topological polar surface area (TPSA) is 61.0 Å². The molecule has 108 valence electrons. The minimum Gasteiger partial charge on any atom is -0.384 e. The fourth-order valence-electron chi connectivity index (χ4n) is 3.32. The van der Waals surface area contributed by atoms with Gasteiger partial charge in [-0.1, -0.05) is 18.2 Å². The highest BCUT2D eigenvalue weighted by atomic mass is 16.1. The molecule has 0 radical (unpaired) electrons. The van der Waals surface area contributed by atoms with E-state index < -0.39 is 0 Å². The second-order valence-electron chi connectivity index (χ2n) is 5.79. The quantitative estimate of drug-likeness (QED) is 0.871. The highest BCUT2D eigenvalue weighted by Crippen LogP contribution is 2.28. The van der Waals surface area contributed by atoms with E-state index in [9.17, 15) is 4.79 Å². The Hall–Kier alpha value is -2.14. The van der Waals surface area contributed by atoms with Crippen LogP contribution in [0.2, 0.25) is 0 Å². The van der Waals surface area contributed by atoms with Crippen molar-refractivity contribution < 1.29 is 0 Å². The summed E-state index contributed by atoms with van der Waals surface area (Å²) in [5.74, 6) is 0. The first-order valence-corrected chi connectivity index (χ1v) is 7.44. The molecule has 1 aromatic heterocycles. The lowest BCUT2D eigenvalue weighted by Gasteiger charge is -2.28. The maximum absolute atomic E-state index is 11.4. The predicted octanol–water partition coefficient (Wildman–Crippen LogP) is 1.30. The maximum atomic E-state index is 11.4. The third-order valence-corrected chi connectivity index (χ3v) is 4.36. The monoisotopic (exact) mass is 282 g/mol. The molecule has 1 aromatic carbocycles. The van der Waals surface area contributed by atoms with Crippen LogP contribution in [0.15, 0.2) is 29.1 Å². The van der Waals surface area contributed by atoms with Gasteiger partial charge in [0.25, 0.3) is 5.56 Å². The fraction of sp³-hybridized carbons (Fsp3) is 0.375. The van der Waals surface area contributed by atoms with Crippen LogP contribution in [0.5, 0.6) is 0 Å². The minimum atomic E-state index is -0.113. The lowest BCUT2D eigenvalue weighted by Crippen LogP contribution is -2.32. The number of nitrogens with one attached hydrogen (secondary N) is 2. The Balaban J connectivity index is 1.57. The van der Waals surface area contributed by atoms with E-state index in [1.165, 1.54) is 16.8 Å². The average molecular weight is 282 g/mol. The molecule has 5 heteroatoms. The number of rotatable bonds is 2. The highest BCUT2D eigenvalue weighted by molar-refractivity contribution is 5.61. The van der Waals surface area contributed by atoms with Crippen molar-refractivity contribution in [3.63, 3.8) is 0 Å². The van der Waals surface area contributed by atoms with Crippen LogP contribution < -0.4 is 10.9 Å². The summed E-state index contributed by atoms with van der Waals surface area (Å²) in [4.78, 5) is 13.8. The van der Waals surface area contributed by atoms with Crippen molar-refractivity contribution >= 4 is 5.69 Å². The Morgan fingerprint density at radius 3 is 3.14 bits per heavy atom. The molecular formula is C16H18N4O. The summed E-state index contributed by atoms with van der Waals surface area (Å²) in [5.41, 5.74) is 6.06. The molecule has 3 heterocycles. The summed E-state index contributed by atoms with van der Waals surface area (Å²) in [6.07, 6.45) is 2.01. The molecule has 0 saturated carbocycles. The first kappa shape index (κ1) is 12.6. The Morgan fingerprint density at radius 2 is 2.19 bits per heavy atom. The molecule has 21 heavy (non-hydrogen) atoms. The molecule has 0 spiro atoms. The van der Waals surface area contributed by atoms with Gasteiger partial charge in [-0.3, -0.25) is 9.69 Å². The van der Waals surface area contributed by atoms with Crippen molar-refractivity contribution in [2.75, 3.05) is 18.4 Å². The fourth-order valence-corrected chi connectivity index (χ4v) is 3.32. The van der Waals surface area contributed by atoms with Crippen LogP contribution in [0.4, 0.5) is 5.69 Å². The number of hydrogen-bond donors (Lipinski definition) is 2. The Morgan fingerprint density at radius 1 is 1.24 bits per heavy atom. The van der Waals surface area contributed by atoms with E-state index in [4.69, 9.17) is 0 Å². The number of aromatic amines is 1. The number of H-pyrrole nitrogens is 1. The summed E-state index contributed by atoms with van der Waals surface area (Å²) < 4.78 is 0. The maximum Gasteiger partial charge on any atom is 0.264 e. The molecule has 2 N–H and O–H groups in total. The smallest absolute Gasteiger partial charge is 0.264 e. The molecule has 0 bridgehead atoms. The number of fused-ring (bicyclic) bond motifs is 2. The predicted molar refractivity (Wildman–Crippen MR) is 81.3 cm³/mol. The number of nitrogens with zero attached hydrogens (tertiary/aromatic N) is 2. The van der Waals surface area contributed by atoms with E-state index in [-0.39, 0.29) is 5.56 Å². The van der Waals surface area contributed by atoms with Crippen molar-refractivity contribution in [1.82, 2.24) is 15.1 Å². The second-order valence-corrected chi connectivity index (χ2v) is 5.79. The van der Waals surface area contributed by atoms with E-state index >= 15 is 0 Å². The van der Waals surface area contributed by atoms with Crippen LogP contribution in [0.3, 0.4) is 0 Å². The largest absolute Gasteiger partial charge is 0.384 e. The van der Waals surface area contributed by atoms with Crippen molar-refractivity contribution in [3.8, 4) is 0 Å². The minimum absolute atomic E-state index is 0.113. The first-order chi connectivity index (χ1) is 10.3. The molecule has 0 fully saturated rings. The van der Waals surface area contributed by atoms with E-state index in [1.807, 2.05) is 0 Å². The van der Waals surface area contributed by atoms with E-state index in [0.29, 0.717) is 0 Å². The Bertz CT molecular complexity index is 737. The van der Waals surface area contributed by atoms with Crippen molar-refractivity contribution in [3.05, 3.63) is 57.0 Å². The summed E-state index contributed by atoms with van der Waals surface area (Å²) in [6.45, 7) is 3.74. The highest BCUT2D eigenvalue weighted by Gasteiger charge is 2.20. The first-order valence-electron chi connectivity index (χ1n) is 7.44. The molecule has 4 rings (SSSR count). The van der Waals surface area contributed by atoms with Crippen LogP contribution in [0.25, 0.3) is 0 Å². The van der Waals surface area contributed by atoms with Crippen molar-refractivity contribution in [2.24, 2.45) is 0 Å². The standard InChI is InChI=1S/C16H18N4O/c21-15-8-13-10-20(7-5-14(13)18-19-15)9-12-3-1-2-11-4-6-17-16(11)12/h1-3,8,17H,4-7,9-10H2,(H,19,21). The van der Waals surface area contributed by atoms with Gasteiger partial charge in [0.2, 0.25) is 0 Å². The average Bonchev–Trinajstić information content (AvgIpc) is 2.96. The summed E-state index contributed by atoms with van der Waals surface area (Å²) in [7, 11) is 0. The van der Waals surface area contributed by atoms with Crippen LogP contribution in [0, 0.1) is 0 Å². The summed E-state index contributed by atoms with van der Waals surface area (Å²) >= 11 is 0. The number of hydrogen-bond acceptors (Lipinski definition) is 4. The summed E-state index contributed by atoms with van der Waals surface area (Å²) in [6, 6.07) is 8.23. The number of para-hydroxylation sites is 1. The van der Waals surface area contributed by atoms with Gasteiger partial charge in [-0.2, -0.15) is 5.10 Å². The van der Waals surface area contributed by atoms with E-state index in [0.717, 1.165) is 50.3 Å². The zero-order valence-electron chi connectivity index (χ0n) is 11.9. The van der Waals surface area contributed by atoms with Crippen LogP contribution in [-0.2, 0) is 25.9 Å². The van der Waals surface area contributed by atoms with Gasteiger partial charge in [0.05, 0.1) is 5.69 Å². The van der Waals surface area contributed by atoms with Gasteiger partial charge in [-0.25, -0.2) is 5.10 Å². The molecule has 2 aliphatic heterocycles. The summed E-state index contributed by atoms with van der Waals surface area (Å²) in [5, 5.41) is 10.2. The van der Waals surface area contributed by atoms with Crippen LogP contribution >= 0.6 is 0 Å². The molecule has 2 aromatic rings. The van der Waals surface area contributed by atoms with Gasteiger partial charge in [0, 0.05) is 44.4 Å². The molecular weight excluding hydrogens is 264 g/mol. The Kier molecular flexibility index (Phi) is 3.00. The molecule has 0 amide bonds. The van der Waals surface area contributed by atoms with E-state index in [1.54, 1.807) is 6.07 Å². The SMILES string of the molecule is O=c1cc2c(n[nH]1)CCN(Cc1cccc3c1NCC3)C2. The van der Waals surface area contributed by atoms with Gasteiger partial charge in [0.15, 0.2) is 0 Å². The lowest BCUT2D eigenvalue weighted by atomic mass is 10.0. The third-order valence-electron chi connectivity index (χ3n) is 4.36.